The van der Waals surface area contributed by atoms with Crippen molar-refractivity contribution in [1.29, 1.82) is 0 Å². The molecule has 0 aromatic heterocycles. The second kappa shape index (κ2) is 8.01. The number of anilines is 1. The molecule has 6 heteroatoms. The first-order valence-corrected chi connectivity index (χ1v) is 10.5. The van der Waals surface area contributed by atoms with Gasteiger partial charge < -0.3 is 5.32 Å². The lowest BCUT2D eigenvalue weighted by molar-refractivity contribution is -0.117. The first kappa shape index (κ1) is 18.6. The quantitative estimate of drug-likeness (QED) is 0.816. The molecule has 0 heterocycles. The van der Waals surface area contributed by atoms with Crippen LogP contribution in [0.3, 0.4) is 0 Å². The standard InChI is InChI=1S/C20H24N2O3S/c1-2-14-21-26(24,25)17-12-10-16(11-13-17)22-20(23)19-9-5-7-15-6-3-4-8-18(15)19/h3-4,6,8,10-13,19,21H,2,5,7,9,14H2,1H3,(H,22,23). The first-order chi connectivity index (χ1) is 12.5. The van der Waals surface area contributed by atoms with E-state index >= 15 is 0 Å². The molecule has 26 heavy (non-hydrogen) atoms. The number of nitrogens with one attached hydrogen (secondary N) is 2. The van der Waals surface area contributed by atoms with Crippen molar-refractivity contribution in [1.82, 2.24) is 4.72 Å². The summed E-state index contributed by atoms with van der Waals surface area (Å²) in [7, 11) is -3.49. The largest absolute Gasteiger partial charge is 0.326 e. The maximum atomic E-state index is 12.7. The zero-order valence-electron chi connectivity index (χ0n) is 14.9. The number of aryl methyl sites for hydroxylation is 1. The predicted molar refractivity (Wildman–Crippen MR) is 103 cm³/mol. The number of fused-ring (bicyclic) bond motifs is 1. The molecular weight excluding hydrogens is 348 g/mol. The minimum Gasteiger partial charge on any atom is -0.326 e. The minimum atomic E-state index is -3.49. The second-order valence-electron chi connectivity index (χ2n) is 6.56. The van der Waals surface area contributed by atoms with Crippen LogP contribution in [0, 0.1) is 0 Å². The van der Waals surface area contributed by atoms with Crippen LogP contribution >= 0.6 is 0 Å². The number of rotatable bonds is 6. The number of carbonyl (C=O) groups is 1. The van der Waals surface area contributed by atoms with E-state index in [0.717, 1.165) is 31.2 Å². The lowest BCUT2D eigenvalue weighted by atomic mass is 9.82. The van der Waals surface area contributed by atoms with Crippen LogP contribution in [-0.2, 0) is 21.2 Å². The molecule has 0 radical (unpaired) electrons. The summed E-state index contributed by atoms with van der Waals surface area (Å²) in [6, 6.07) is 14.4. The van der Waals surface area contributed by atoms with Gasteiger partial charge in [0.15, 0.2) is 0 Å². The molecule has 1 unspecified atom stereocenters. The smallest absolute Gasteiger partial charge is 0.240 e. The average Bonchev–Trinajstić information content (AvgIpc) is 2.66. The van der Waals surface area contributed by atoms with Crippen LogP contribution in [0.4, 0.5) is 5.69 Å². The van der Waals surface area contributed by atoms with Crippen LogP contribution in [-0.4, -0.2) is 20.9 Å². The van der Waals surface area contributed by atoms with Crippen molar-refractivity contribution in [2.24, 2.45) is 0 Å². The van der Waals surface area contributed by atoms with Crippen molar-refractivity contribution in [3.05, 3.63) is 59.7 Å². The maximum Gasteiger partial charge on any atom is 0.240 e. The molecule has 1 aliphatic carbocycles. The second-order valence-corrected chi connectivity index (χ2v) is 8.32. The molecule has 0 fully saturated rings. The summed E-state index contributed by atoms with van der Waals surface area (Å²) in [5.74, 6) is -0.202. The number of amides is 1. The Morgan fingerprint density at radius 3 is 2.58 bits per heavy atom. The van der Waals surface area contributed by atoms with E-state index in [0.29, 0.717) is 12.2 Å². The highest BCUT2D eigenvalue weighted by molar-refractivity contribution is 7.89. The fraction of sp³-hybridized carbons (Fsp3) is 0.350. The summed E-state index contributed by atoms with van der Waals surface area (Å²) >= 11 is 0. The van der Waals surface area contributed by atoms with Gasteiger partial charge in [-0.05, 0) is 61.1 Å². The lowest BCUT2D eigenvalue weighted by Gasteiger charge is -2.24. The summed E-state index contributed by atoms with van der Waals surface area (Å²) in [5.41, 5.74) is 2.94. The van der Waals surface area contributed by atoms with Gasteiger partial charge in [-0.1, -0.05) is 31.2 Å². The lowest BCUT2D eigenvalue weighted by Crippen LogP contribution is -2.25. The van der Waals surface area contributed by atoms with Gasteiger partial charge in [-0.2, -0.15) is 0 Å². The normalized spacial score (nSPS) is 16.7. The van der Waals surface area contributed by atoms with Crippen LogP contribution in [0.25, 0.3) is 0 Å². The van der Waals surface area contributed by atoms with E-state index in [9.17, 15) is 13.2 Å². The first-order valence-electron chi connectivity index (χ1n) is 8.99. The van der Waals surface area contributed by atoms with Gasteiger partial charge in [0.05, 0.1) is 10.8 Å². The van der Waals surface area contributed by atoms with Gasteiger partial charge in [0.1, 0.15) is 0 Å². The van der Waals surface area contributed by atoms with E-state index in [1.54, 1.807) is 12.1 Å². The Morgan fingerprint density at radius 1 is 1.12 bits per heavy atom. The summed E-state index contributed by atoms with van der Waals surface area (Å²) in [6.07, 6.45) is 3.57. The third-order valence-corrected chi connectivity index (χ3v) is 6.14. The Labute approximate surface area is 154 Å². The van der Waals surface area contributed by atoms with Crippen LogP contribution in [0.1, 0.15) is 43.2 Å². The van der Waals surface area contributed by atoms with Crippen LogP contribution in [0.5, 0.6) is 0 Å². The van der Waals surface area contributed by atoms with Gasteiger partial charge in [0, 0.05) is 12.2 Å². The Hall–Kier alpha value is -2.18. The fourth-order valence-corrected chi connectivity index (χ4v) is 4.43. The highest BCUT2D eigenvalue weighted by atomic mass is 32.2. The van der Waals surface area contributed by atoms with E-state index in [4.69, 9.17) is 0 Å². The van der Waals surface area contributed by atoms with Gasteiger partial charge in [-0.25, -0.2) is 13.1 Å². The third kappa shape index (κ3) is 4.14. The summed E-state index contributed by atoms with van der Waals surface area (Å²) in [6.45, 7) is 2.31. The Morgan fingerprint density at radius 2 is 1.85 bits per heavy atom. The SMILES string of the molecule is CCCNS(=O)(=O)c1ccc(NC(=O)C2CCCc3ccccc32)cc1. The van der Waals surface area contributed by atoms with Gasteiger partial charge in [0.2, 0.25) is 15.9 Å². The zero-order valence-corrected chi connectivity index (χ0v) is 15.7. The van der Waals surface area contributed by atoms with Gasteiger partial charge in [-0.3, -0.25) is 4.79 Å². The molecule has 2 aromatic rings. The molecule has 0 aliphatic heterocycles. The van der Waals surface area contributed by atoms with E-state index in [1.165, 1.54) is 17.7 Å². The number of carbonyl (C=O) groups excluding carboxylic acids is 1. The van der Waals surface area contributed by atoms with E-state index < -0.39 is 10.0 Å². The van der Waals surface area contributed by atoms with Crippen molar-refractivity contribution in [3.63, 3.8) is 0 Å². The van der Waals surface area contributed by atoms with Crippen molar-refractivity contribution < 1.29 is 13.2 Å². The minimum absolute atomic E-state index is 0.0446. The van der Waals surface area contributed by atoms with Crippen LogP contribution < -0.4 is 10.0 Å². The molecule has 1 amide bonds. The summed E-state index contributed by atoms with van der Waals surface area (Å²) < 4.78 is 26.8. The van der Waals surface area contributed by atoms with Gasteiger partial charge in [-0.15, -0.1) is 0 Å². The fourth-order valence-electron chi connectivity index (χ4n) is 3.29. The molecule has 0 spiro atoms. The molecule has 0 saturated heterocycles. The molecule has 1 aliphatic rings. The Kier molecular flexibility index (Phi) is 5.74. The molecule has 1 atom stereocenters. The molecular formula is C20H24N2O3S. The maximum absolute atomic E-state index is 12.7. The van der Waals surface area contributed by atoms with E-state index in [-0.39, 0.29) is 16.7 Å². The molecule has 2 N–H and O–H groups in total. The van der Waals surface area contributed by atoms with Crippen molar-refractivity contribution in [2.45, 2.75) is 43.4 Å². The summed E-state index contributed by atoms with van der Waals surface area (Å²) in [4.78, 5) is 12.9. The molecule has 2 aromatic carbocycles. The number of hydrogen-bond donors (Lipinski definition) is 2. The summed E-state index contributed by atoms with van der Waals surface area (Å²) in [5, 5.41) is 2.92. The van der Waals surface area contributed by atoms with Crippen LogP contribution in [0.2, 0.25) is 0 Å². The van der Waals surface area contributed by atoms with Gasteiger partial charge in [0.25, 0.3) is 0 Å². The third-order valence-electron chi connectivity index (χ3n) is 4.66. The monoisotopic (exact) mass is 372 g/mol. The molecule has 138 valence electrons. The Bertz CT molecular complexity index is 876. The molecule has 0 saturated carbocycles. The Balaban J connectivity index is 1.71. The van der Waals surface area contributed by atoms with E-state index in [2.05, 4.69) is 16.1 Å². The number of hydrogen-bond acceptors (Lipinski definition) is 3. The number of sulfonamides is 1. The molecule has 3 rings (SSSR count). The molecule has 0 bridgehead atoms. The highest BCUT2D eigenvalue weighted by Crippen LogP contribution is 2.32. The predicted octanol–water partition coefficient (Wildman–Crippen LogP) is 3.43. The van der Waals surface area contributed by atoms with Crippen molar-refractivity contribution in [3.8, 4) is 0 Å². The van der Waals surface area contributed by atoms with Crippen molar-refractivity contribution in [2.75, 3.05) is 11.9 Å². The van der Waals surface area contributed by atoms with Crippen molar-refractivity contribution >= 4 is 21.6 Å². The topological polar surface area (TPSA) is 75.3 Å². The number of benzene rings is 2. The highest BCUT2D eigenvalue weighted by Gasteiger charge is 2.26. The van der Waals surface area contributed by atoms with Crippen LogP contribution in [0.15, 0.2) is 53.4 Å². The zero-order chi connectivity index (χ0) is 18.6. The van der Waals surface area contributed by atoms with E-state index in [1.807, 2.05) is 25.1 Å². The average molecular weight is 372 g/mol. The molecule has 5 nitrogen and oxygen atoms in total. The van der Waals surface area contributed by atoms with Gasteiger partial charge >= 0.3 is 0 Å².